The van der Waals surface area contributed by atoms with Crippen LogP contribution in [0.25, 0.3) is 0 Å². The molecule has 2 heterocycles. The van der Waals surface area contributed by atoms with Crippen LogP contribution in [0, 0.1) is 0 Å². The van der Waals surface area contributed by atoms with Crippen LogP contribution in [0.15, 0.2) is 72.4 Å². The number of hydrogen-bond donors (Lipinski definition) is 1. The van der Waals surface area contributed by atoms with Gasteiger partial charge in [-0.15, -0.1) is 0 Å². The van der Waals surface area contributed by atoms with E-state index in [-0.39, 0.29) is 12.1 Å². The van der Waals surface area contributed by atoms with Crippen molar-refractivity contribution in [2.75, 3.05) is 7.11 Å². The summed E-state index contributed by atoms with van der Waals surface area (Å²) in [6.45, 7) is 0. The van der Waals surface area contributed by atoms with Crippen LogP contribution < -0.4 is 9.47 Å². The molecule has 1 N–H and O–H groups in total. The van der Waals surface area contributed by atoms with E-state index in [1.165, 1.54) is 0 Å². The Morgan fingerprint density at radius 2 is 2.08 bits per heavy atom. The molecular formula is C19H17N3O3. The second-order valence-corrected chi connectivity index (χ2v) is 5.75. The number of imidazole rings is 1. The molecule has 0 saturated heterocycles. The maximum atomic E-state index is 9.75. The first-order chi connectivity index (χ1) is 12.3. The number of hydrogen-bond acceptors (Lipinski definition) is 5. The highest BCUT2D eigenvalue weighted by Gasteiger charge is 2.38. The zero-order valence-electron chi connectivity index (χ0n) is 13.6. The number of ether oxygens (including phenoxy) is 2. The zero-order chi connectivity index (χ0) is 17.2. The van der Waals surface area contributed by atoms with Crippen molar-refractivity contribution in [1.29, 1.82) is 0 Å². The quantitative estimate of drug-likeness (QED) is 0.588. The lowest BCUT2D eigenvalue weighted by molar-refractivity contribution is 0.157. The van der Waals surface area contributed by atoms with Gasteiger partial charge in [0.15, 0.2) is 6.10 Å². The fourth-order valence-corrected chi connectivity index (χ4v) is 3.20. The molecule has 25 heavy (non-hydrogen) atoms. The van der Waals surface area contributed by atoms with E-state index in [9.17, 15) is 5.21 Å². The predicted octanol–water partition coefficient (Wildman–Crippen LogP) is 3.45. The molecule has 0 saturated carbocycles. The van der Waals surface area contributed by atoms with Gasteiger partial charge in [0.05, 0.1) is 13.4 Å². The Kier molecular flexibility index (Phi) is 3.85. The molecule has 1 aromatic heterocycles. The summed E-state index contributed by atoms with van der Waals surface area (Å²) in [5.74, 6) is 1.42. The molecule has 0 radical (unpaired) electrons. The van der Waals surface area contributed by atoms with Crippen LogP contribution in [0.4, 0.5) is 0 Å². The SMILES string of the molecule is COc1cccc([C@@H]2Oc3ccccc3/C(=N/O)[C@H]2n2ccnc2)c1. The van der Waals surface area contributed by atoms with Crippen LogP contribution in [-0.2, 0) is 0 Å². The van der Waals surface area contributed by atoms with Crippen molar-refractivity contribution in [2.45, 2.75) is 12.1 Å². The molecule has 0 unspecified atom stereocenters. The van der Waals surface area contributed by atoms with E-state index in [2.05, 4.69) is 10.1 Å². The number of nitrogens with zero attached hydrogens (tertiary/aromatic N) is 3. The third-order valence-electron chi connectivity index (χ3n) is 4.36. The molecule has 6 heteroatoms. The van der Waals surface area contributed by atoms with E-state index >= 15 is 0 Å². The van der Waals surface area contributed by atoms with E-state index in [1.807, 2.05) is 59.3 Å². The van der Waals surface area contributed by atoms with Gasteiger partial charge in [0, 0.05) is 18.0 Å². The van der Waals surface area contributed by atoms with E-state index in [1.54, 1.807) is 19.6 Å². The summed E-state index contributed by atoms with van der Waals surface area (Å²) in [7, 11) is 1.63. The minimum Gasteiger partial charge on any atom is -0.497 e. The Morgan fingerprint density at radius 1 is 1.20 bits per heavy atom. The minimum absolute atomic E-state index is 0.352. The number of oxime groups is 1. The van der Waals surface area contributed by atoms with Crippen LogP contribution in [0.2, 0.25) is 0 Å². The summed E-state index contributed by atoms with van der Waals surface area (Å²) in [6.07, 6.45) is 4.84. The molecule has 6 nitrogen and oxygen atoms in total. The Labute approximate surface area is 145 Å². The molecule has 0 aliphatic carbocycles. The number of methoxy groups -OCH3 is 1. The normalized spacial score (nSPS) is 20.8. The van der Waals surface area contributed by atoms with Gasteiger partial charge >= 0.3 is 0 Å². The molecule has 126 valence electrons. The van der Waals surface area contributed by atoms with E-state index < -0.39 is 0 Å². The zero-order valence-corrected chi connectivity index (χ0v) is 13.6. The van der Waals surface area contributed by atoms with E-state index in [0.29, 0.717) is 11.5 Å². The smallest absolute Gasteiger partial charge is 0.150 e. The maximum Gasteiger partial charge on any atom is 0.150 e. The van der Waals surface area contributed by atoms with Gasteiger partial charge in [0.2, 0.25) is 0 Å². The summed E-state index contributed by atoms with van der Waals surface area (Å²) in [5, 5.41) is 13.3. The van der Waals surface area contributed by atoms with Gasteiger partial charge in [-0.2, -0.15) is 0 Å². The van der Waals surface area contributed by atoms with Crippen molar-refractivity contribution in [1.82, 2.24) is 9.55 Å². The van der Waals surface area contributed by atoms with Gasteiger partial charge in [-0.05, 0) is 29.8 Å². The number of rotatable bonds is 3. The number of para-hydroxylation sites is 1. The molecule has 0 amide bonds. The second-order valence-electron chi connectivity index (χ2n) is 5.75. The highest BCUT2D eigenvalue weighted by atomic mass is 16.5. The summed E-state index contributed by atoms with van der Waals surface area (Å²) < 4.78 is 13.5. The summed E-state index contributed by atoms with van der Waals surface area (Å²) in [4.78, 5) is 4.13. The lowest BCUT2D eigenvalue weighted by Crippen LogP contribution is -2.34. The molecule has 0 bridgehead atoms. The molecule has 0 fully saturated rings. The maximum absolute atomic E-state index is 9.75. The average Bonchev–Trinajstić information content (AvgIpc) is 3.20. The molecular weight excluding hydrogens is 318 g/mol. The summed E-state index contributed by atoms with van der Waals surface area (Å²) in [6, 6.07) is 14.9. The Balaban J connectivity index is 1.89. The van der Waals surface area contributed by atoms with Gasteiger partial charge < -0.3 is 19.2 Å². The third kappa shape index (κ3) is 2.61. The summed E-state index contributed by atoms with van der Waals surface area (Å²) in [5.41, 5.74) is 2.23. The number of benzene rings is 2. The molecule has 0 spiro atoms. The topological polar surface area (TPSA) is 68.9 Å². The highest BCUT2D eigenvalue weighted by molar-refractivity contribution is 6.06. The van der Waals surface area contributed by atoms with Gasteiger partial charge in [-0.1, -0.05) is 29.4 Å². The molecule has 3 aromatic rings. The first-order valence-electron chi connectivity index (χ1n) is 7.91. The van der Waals surface area contributed by atoms with Crippen molar-refractivity contribution in [2.24, 2.45) is 5.16 Å². The minimum atomic E-state index is -0.384. The lowest BCUT2D eigenvalue weighted by Gasteiger charge is -2.35. The van der Waals surface area contributed by atoms with Gasteiger partial charge in [-0.3, -0.25) is 0 Å². The Morgan fingerprint density at radius 3 is 2.84 bits per heavy atom. The second kappa shape index (κ2) is 6.32. The van der Waals surface area contributed by atoms with Crippen LogP contribution in [-0.4, -0.2) is 27.6 Å². The monoisotopic (exact) mass is 335 g/mol. The standard InChI is InChI=1S/C19H17N3O3/c1-24-14-6-4-5-13(11-14)19-18(22-10-9-20-12-22)17(21-23)15-7-2-3-8-16(15)25-19/h2-12,18-19,23H,1H3/b21-17-/t18-,19+/m1/s1. The largest absolute Gasteiger partial charge is 0.497 e. The van der Waals surface area contributed by atoms with Crippen LogP contribution in [0.1, 0.15) is 23.3 Å². The van der Waals surface area contributed by atoms with E-state index in [0.717, 1.165) is 16.9 Å². The molecule has 1 aliphatic heterocycles. The predicted molar refractivity (Wildman–Crippen MR) is 92.4 cm³/mol. The highest BCUT2D eigenvalue weighted by Crippen LogP contribution is 2.42. The van der Waals surface area contributed by atoms with Crippen molar-refractivity contribution in [3.63, 3.8) is 0 Å². The first-order valence-corrected chi connectivity index (χ1v) is 7.91. The summed E-state index contributed by atoms with van der Waals surface area (Å²) >= 11 is 0. The number of aromatic nitrogens is 2. The Bertz CT molecular complexity index is 906. The van der Waals surface area contributed by atoms with Crippen molar-refractivity contribution < 1.29 is 14.7 Å². The van der Waals surface area contributed by atoms with Gasteiger partial charge in [-0.25, -0.2) is 4.98 Å². The fourth-order valence-electron chi connectivity index (χ4n) is 3.20. The molecule has 2 atom stereocenters. The molecule has 4 rings (SSSR count). The first kappa shape index (κ1) is 15.3. The average molecular weight is 335 g/mol. The van der Waals surface area contributed by atoms with Crippen LogP contribution >= 0.6 is 0 Å². The Hall–Kier alpha value is -3.28. The van der Waals surface area contributed by atoms with Crippen molar-refractivity contribution in [3.05, 3.63) is 78.4 Å². The molecule has 2 aromatic carbocycles. The van der Waals surface area contributed by atoms with Gasteiger partial charge in [0.1, 0.15) is 23.3 Å². The molecule has 1 aliphatic rings. The van der Waals surface area contributed by atoms with Crippen LogP contribution in [0.5, 0.6) is 11.5 Å². The van der Waals surface area contributed by atoms with Crippen LogP contribution in [0.3, 0.4) is 0 Å². The lowest BCUT2D eigenvalue weighted by atomic mass is 9.90. The van der Waals surface area contributed by atoms with Gasteiger partial charge in [0.25, 0.3) is 0 Å². The fraction of sp³-hybridized carbons (Fsp3) is 0.158. The third-order valence-corrected chi connectivity index (χ3v) is 4.36. The van der Waals surface area contributed by atoms with E-state index in [4.69, 9.17) is 9.47 Å². The van der Waals surface area contributed by atoms with Crippen molar-refractivity contribution in [3.8, 4) is 11.5 Å². The number of fused-ring (bicyclic) bond motifs is 1. The van der Waals surface area contributed by atoms with Crippen molar-refractivity contribution >= 4 is 5.71 Å².